The van der Waals surface area contributed by atoms with Gasteiger partial charge in [-0.2, -0.15) is 0 Å². The van der Waals surface area contributed by atoms with E-state index in [-0.39, 0.29) is 18.5 Å². The molecule has 0 amide bonds. The van der Waals surface area contributed by atoms with Gasteiger partial charge in [0.25, 0.3) is 0 Å². The molecule has 0 saturated heterocycles. The van der Waals surface area contributed by atoms with Crippen molar-refractivity contribution in [3.8, 4) is 11.8 Å². The molecule has 0 heterocycles. The minimum Gasteiger partial charge on any atom is -0.395 e. The van der Waals surface area contributed by atoms with Gasteiger partial charge in [-0.05, 0) is 31.0 Å². The van der Waals surface area contributed by atoms with E-state index >= 15 is 0 Å². The van der Waals surface area contributed by atoms with Gasteiger partial charge in [-0.15, -0.1) is 0 Å². The average Bonchev–Trinajstić information content (AvgIpc) is 2.38. The van der Waals surface area contributed by atoms with Gasteiger partial charge in [0.2, 0.25) is 0 Å². The summed E-state index contributed by atoms with van der Waals surface area (Å²) in [7, 11) is 0. The molecule has 0 radical (unpaired) electrons. The van der Waals surface area contributed by atoms with Crippen molar-refractivity contribution in [2.45, 2.75) is 45.8 Å². The van der Waals surface area contributed by atoms with Crippen LogP contribution in [0.2, 0.25) is 0 Å². The molecule has 0 bridgehead atoms. The number of hydrogen-bond acceptors (Lipinski definition) is 2. The van der Waals surface area contributed by atoms with Crippen molar-refractivity contribution in [1.82, 2.24) is 0 Å². The van der Waals surface area contributed by atoms with E-state index in [0.717, 1.165) is 18.4 Å². The first-order valence-corrected chi connectivity index (χ1v) is 6.67. The van der Waals surface area contributed by atoms with Crippen LogP contribution in [0.1, 0.15) is 44.2 Å². The molecule has 0 aliphatic carbocycles. The summed E-state index contributed by atoms with van der Waals surface area (Å²) < 4.78 is 18.9. The van der Waals surface area contributed by atoms with Crippen LogP contribution in [-0.2, 0) is 11.3 Å². The van der Waals surface area contributed by atoms with Gasteiger partial charge in [0, 0.05) is 12.0 Å². The molecule has 1 aromatic carbocycles. The second-order valence-electron chi connectivity index (χ2n) is 4.49. The summed E-state index contributed by atoms with van der Waals surface area (Å²) >= 11 is 0. The minimum atomic E-state index is -0.307. The Kier molecular flexibility index (Phi) is 7.17. The maximum absolute atomic E-state index is 13.2. The minimum absolute atomic E-state index is 0.0156. The standard InChI is InChI=1S/C16H21FO2/c1-3-6-13(2)19-12-15-8-9-16(17)11-14(15)7-4-5-10-18/h8-9,11,13,18H,3,5-6,10,12H2,1-2H3. The lowest BCUT2D eigenvalue weighted by atomic mass is 10.1. The summed E-state index contributed by atoms with van der Waals surface area (Å²) in [6, 6.07) is 4.53. The van der Waals surface area contributed by atoms with Crippen molar-refractivity contribution < 1.29 is 14.2 Å². The highest BCUT2D eigenvalue weighted by atomic mass is 19.1. The molecule has 0 aliphatic rings. The Labute approximate surface area is 114 Å². The van der Waals surface area contributed by atoms with E-state index in [2.05, 4.69) is 18.8 Å². The SMILES string of the molecule is CCCC(C)OCc1ccc(F)cc1C#CCCO. The van der Waals surface area contributed by atoms with Gasteiger partial charge in [0.15, 0.2) is 0 Å². The van der Waals surface area contributed by atoms with Crippen LogP contribution < -0.4 is 0 Å². The Morgan fingerprint density at radius 2 is 2.21 bits per heavy atom. The van der Waals surface area contributed by atoms with E-state index in [1.165, 1.54) is 12.1 Å². The molecular formula is C16H21FO2. The number of ether oxygens (including phenoxy) is 1. The summed E-state index contributed by atoms with van der Waals surface area (Å²) in [4.78, 5) is 0. The third kappa shape index (κ3) is 5.87. The maximum Gasteiger partial charge on any atom is 0.124 e. The Morgan fingerprint density at radius 1 is 1.42 bits per heavy atom. The predicted octanol–water partition coefficient (Wildman–Crippen LogP) is 3.26. The number of aliphatic hydroxyl groups is 1. The first kappa shape index (κ1) is 15.7. The molecule has 3 heteroatoms. The third-order valence-corrected chi connectivity index (χ3v) is 2.75. The van der Waals surface area contributed by atoms with Crippen molar-refractivity contribution >= 4 is 0 Å². The zero-order chi connectivity index (χ0) is 14.1. The molecule has 0 aromatic heterocycles. The fourth-order valence-corrected chi connectivity index (χ4v) is 1.73. The quantitative estimate of drug-likeness (QED) is 0.799. The lowest BCUT2D eigenvalue weighted by Gasteiger charge is -2.13. The van der Waals surface area contributed by atoms with E-state index in [9.17, 15) is 4.39 Å². The fourth-order valence-electron chi connectivity index (χ4n) is 1.73. The Balaban J connectivity index is 2.74. The van der Waals surface area contributed by atoms with Crippen LogP contribution in [0.5, 0.6) is 0 Å². The number of halogens is 1. The lowest BCUT2D eigenvalue weighted by Crippen LogP contribution is -2.08. The summed E-state index contributed by atoms with van der Waals surface area (Å²) in [6.45, 7) is 4.60. The third-order valence-electron chi connectivity index (χ3n) is 2.75. The first-order chi connectivity index (χ1) is 9.17. The molecule has 19 heavy (non-hydrogen) atoms. The zero-order valence-corrected chi connectivity index (χ0v) is 11.6. The molecule has 1 atom stereocenters. The van der Waals surface area contributed by atoms with Crippen molar-refractivity contribution in [1.29, 1.82) is 0 Å². The molecule has 0 fully saturated rings. The largest absolute Gasteiger partial charge is 0.395 e. The van der Waals surface area contributed by atoms with Gasteiger partial charge in [0.05, 0.1) is 19.3 Å². The van der Waals surface area contributed by atoms with Crippen LogP contribution in [0.25, 0.3) is 0 Å². The van der Waals surface area contributed by atoms with Gasteiger partial charge < -0.3 is 9.84 Å². The van der Waals surface area contributed by atoms with Crippen molar-refractivity contribution in [3.05, 3.63) is 35.1 Å². The summed E-state index contributed by atoms with van der Waals surface area (Å²) in [5.41, 5.74) is 1.52. The molecule has 0 aliphatic heterocycles. The summed E-state index contributed by atoms with van der Waals surface area (Å²) in [5.74, 6) is 5.38. The van der Waals surface area contributed by atoms with E-state index in [1.54, 1.807) is 6.07 Å². The topological polar surface area (TPSA) is 29.5 Å². The smallest absolute Gasteiger partial charge is 0.124 e. The zero-order valence-electron chi connectivity index (χ0n) is 11.6. The molecule has 0 spiro atoms. The second-order valence-corrected chi connectivity index (χ2v) is 4.49. The van der Waals surface area contributed by atoms with Crippen molar-refractivity contribution in [3.63, 3.8) is 0 Å². The van der Waals surface area contributed by atoms with Crippen LogP contribution in [0.15, 0.2) is 18.2 Å². The molecule has 1 unspecified atom stereocenters. The number of hydrogen-bond donors (Lipinski definition) is 1. The van der Waals surface area contributed by atoms with Crippen molar-refractivity contribution in [2.75, 3.05) is 6.61 Å². The lowest BCUT2D eigenvalue weighted by molar-refractivity contribution is 0.0470. The van der Waals surface area contributed by atoms with Gasteiger partial charge in [-0.1, -0.05) is 31.3 Å². The molecule has 1 N–H and O–H groups in total. The molecule has 2 nitrogen and oxygen atoms in total. The predicted molar refractivity (Wildman–Crippen MR) is 74.1 cm³/mol. The number of benzene rings is 1. The first-order valence-electron chi connectivity index (χ1n) is 6.67. The van der Waals surface area contributed by atoms with Gasteiger partial charge in [-0.25, -0.2) is 4.39 Å². The van der Waals surface area contributed by atoms with E-state index < -0.39 is 0 Å². The monoisotopic (exact) mass is 264 g/mol. The number of rotatable bonds is 6. The van der Waals surface area contributed by atoms with Crippen LogP contribution >= 0.6 is 0 Å². The van der Waals surface area contributed by atoms with Crippen LogP contribution in [0.3, 0.4) is 0 Å². The van der Waals surface area contributed by atoms with Crippen LogP contribution in [0, 0.1) is 17.7 Å². The Bertz CT molecular complexity index is 446. The molecule has 1 aromatic rings. The molecular weight excluding hydrogens is 243 g/mol. The molecule has 1 rings (SSSR count). The van der Waals surface area contributed by atoms with E-state index in [0.29, 0.717) is 18.6 Å². The van der Waals surface area contributed by atoms with Gasteiger partial charge in [-0.3, -0.25) is 0 Å². The van der Waals surface area contributed by atoms with Crippen molar-refractivity contribution in [2.24, 2.45) is 0 Å². The molecule has 104 valence electrons. The Hall–Kier alpha value is -1.37. The second kappa shape index (κ2) is 8.68. The summed E-state index contributed by atoms with van der Waals surface area (Å²) in [5, 5.41) is 8.70. The highest BCUT2D eigenvalue weighted by Crippen LogP contribution is 2.13. The molecule has 0 saturated carbocycles. The van der Waals surface area contributed by atoms with Gasteiger partial charge >= 0.3 is 0 Å². The maximum atomic E-state index is 13.2. The number of aliphatic hydroxyl groups excluding tert-OH is 1. The van der Waals surface area contributed by atoms with Crippen LogP contribution in [0.4, 0.5) is 4.39 Å². The normalized spacial score (nSPS) is 11.8. The van der Waals surface area contributed by atoms with E-state index in [4.69, 9.17) is 9.84 Å². The highest BCUT2D eigenvalue weighted by molar-refractivity contribution is 5.41. The summed E-state index contributed by atoms with van der Waals surface area (Å²) in [6.07, 6.45) is 2.66. The highest BCUT2D eigenvalue weighted by Gasteiger charge is 2.05. The average molecular weight is 264 g/mol. The van der Waals surface area contributed by atoms with Gasteiger partial charge in [0.1, 0.15) is 5.82 Å². The van der Waals surface area contributed by atoms with E-state index in [1.807, 2.05) is 6.92 Å². The fraction of sp³-hybridized carbons (Fsp3) is 0.500. The van der Waals surface area contributed by atoms with Crippen LogP contribution in [-0.4, -0.2) is 17.8 Å². The Morgan fingerprint density at radius 3 is 2.89 bits per heavy atom.